The second-order valence-electron chi connectivity index (χ2n) is 7.83. The van der Waals surface area contributed by atoms with Crippen LogP contribution in [0.4, 0.5) is 0 Å². The van der Waals surface area contributed by atoms with Gasteiger partial charge in [0.05, 0.1) is 17.0 Å². The lowest BCUT2D eigenvalue weighted by molar-refractivity contribution is -0.141. The number of carboxylic acid groups (broad SMARTS) is 1. The predicted molar refractivity (Wildman–Crippen MR) is 115 cm³/mol. The predicted octanol–water partition coefficient (Wildman–Crippen LogP) is -0.269. The summed E-state index contributed by atoms with van der Waals surface area (Å²) in [7, 11) is -1.97. The maximum atomic E-state index is 12.9. The van der Waals surface area contributed by atoms with Gasteiger partial charge in [-0.25, -0.2) is 13.2 Å². The van der Waals surface area contributed by atoms with Crippen LogP contribution in [0.1, 0.15) is 5.69 Å². The molecule has 4 rings (SSSR count). The van der Waals surface area contributed by atoms with Gasteiger partial charge in [-0.1, -0.05) is 12.1 Å². The van der Waals surface area contributed by atoms with Gasteiger partial charge in [0.25, 0.3) is 5.91 Å². The van der Waals surface area contributed by atoms with E-state index in [9.17, 15) is 27.9 Å². The second-order valence-corrected chi connectivity index (χ2v) is 9.89. The van der Waals surface area contributed by atoms with Crippen molar-refractivity contribution >= 4 is 33.7 Å². The van der Waals surface area contributed by atoms with Gasteiger partial charge in [0.2, 0.25) is 5.91 Å². The van der Waals surface area contributed by atoms with Crippen molar-refractivity contribution in [2.45, 2.75) is 5.37 Å². The molecule has 2 saturated heterocycles. The number of piperazine rings is 1. The van der Waals surface area contributed by atoms with E-state index in [0.29, 0.717) is 31.9 Å². The van der Waals surface area contributed by atoms with Crippen molar-refractivity contribution in [2.75, 3.05) is 39.0 Å². The molecule has 0 radical (unpaired) electrons. The molecular formula is C21H22N4O6S. The Morgan fingerprint density at radius 1 is 1.19 bits per heavy atom. The fourth-order valence-electron chi connectivity index (χ4n) is 3.94. The van der Waals surface area contributed by atoms with Crippen molar-refractivity contribution in [3.05, 3.63) is 59.1 Å². The van der Waals surface area contributed by atoms with Crippen molar-refractivity contribution in [2.24, 2.45) is 0 Å². The number of nitrogens with zero attached hydrogens (tertiary/aromatic N) is 4. The van der Waals surface area contributed by atoms with E-state index in [1.54, 1.807) is 23.1 Å². The Morgan fingerprint density at radius 3 is 2.53 bits per heavy atom. The van der Waals surface area contributed by atoms with Gasteiger partial charge in [-0.15, -0.1) is 0 Å². The van der Waals surface area contributed by atoms with E-state index >= 15 is 0 Å². The number of hydrogen-bond acceptors (Lipinski definition) is 7. The fraction of sp³-hybridized carbons (Fsp3) is 0.333. The average Bonchev–Trinajstić information content (AvgIpc) is 2.76. The molecule has 11 heteroatoms. The molecular weight excluding hydrogens is 436 g/mol. The first-order chi connectivity index (χ1) is 15.2. The zero-order valence-corrected chi connectivity index (χ0v) is 18.2. The van der Waals surface area contributed by atoms with Crippen LogP contribution in [-0.4, -0.2) is 95.3 Å². The number of sulfone groups is 1. The number of hydrogen-bond donors (Lipinski definition) is 1. The molecule has 0 aliphatic carbocycles. The first-order valence-electron chi connectivity index (χ1n) is 9.99. The third-order valence-corrected chi connectivity index (χ3v) is 7.50. The number of aliphatic carboxylic acids is 1. The molecule has 3 aliphatic heterocycles. The van der Waals surface area contributed by atoms with Gasteiger partial charge in [0.15, 0.2) is 15.2 Å². The molecule has 1 aromatic rings. The lowest BCUT2D eigenvalue weighted by Gasteiger charge is -2.45. The summed E-state index contributed by atoms with van der Waals surface area (Å²) in [5.41, 5.74) is -0.147. The van der Waals surface area contributed by atoms with E-state index in [-0.39, 0.29) is 17.1 Å². The topological polar surface area (TPSA) is 128 Å². The summed E-state index contributed by atoms with van der Waals surface area (Å²) in [4.78, 5) is 45.7. The van der Waals surface area contributed by atoms with Gasteiger partial charge in [0, 0.05) is 38.5 Å². The highest BCUT2D eigenvalue weighted by atomic mass is 32.2. The van der Waals surface area contributed by atoms with E-state index < -0.39 is 38.5 Å². The highest BCUT2D eigenvalue weighted by molar-refractivity contribution is 7.92. The van der Waals surface area contributed by atoms with Crippen molar-refractivity contribution in [1.29, 1.82) is 0 Å². The molecule has 0 saturated carbocycles. The quantitative estimate of drug-likeness (QED) is 0.482. The number of pyridine rings is 1. The van der Waals surface area contributed by atoms with Gasteiger partial charge in [0.1, 0.15) is 5.70 Å². The molecule has 168 valence electrons. The fourth-order valence-corrected chi connectivity index (χ4v) is 5.84. The number of carboxylic acids is 1. The van der Waals surface area contributed by atoms with E-state index in [4.69, 9.17) is 0 Å². The summed E-state index contributed by atoms with van der Waals surface area (Å²) in [6.07, 6.45) is 5.24. The van der Waals surface area contributed by atoms with Gasteiger partial charge >= 0.3 is 5.97 Å². The molecule has 0 spiro atoms. The second kappa shape index (κ2) is 8.32. The van der Waals surface area contributed by atoms with E-state index in [1.165, 1.54) is 24.4 Å². The molecule has 1 N–H and O–H groups in total. The molecule has 3 aliphatic rings. The van der Waals surface area contributed by atoms with Crippen LogP contribution in [0.3, 0.4) is 0 Å². The Kier molecular flexibility index (Phi) is 5.70. The minimum atomic E-state index is -3.92. The van der Waals surface area contributed by atoms with E-state index in [1.807, 2.05) is 7.05 Å². The Morgan fingerprint density at radius 2 is 1.91 bits per heavy atom. The molecule has 32 heavy (non-hydrogen) atoms. The number of likely N-dealkylation sites (N-methyl/N-ethyl adjacent to an activating group) is 1. The first kappa shape index (κ1) is 21.9. The summed E-state index contributed by atoms with van der Waals surface area (Å²) < 4.78 is 25.9. The summed E-state index contributed by atoms with van der Waals surface area (Å²) in [5, 5.41) is 8.34. The molecule has 1 aromatic heterocycles. The zero-order valence-electron chi connectivity index (χ0n) is 17.3. The van der Waals surface area contributed by atoms with Crippen LogP contribution in [0.2, 0.25) is 0 Å². The van der Waals surface area contributed by atoms with Crippen LogP contribution in [0, 0.1) is 0 Å². The normalized spacial score (nSPS) is 24.6. The Hall–Kier alpha value is -3.31. The van der Waals surface area contributed by atoms with Crippen LogP contribution in [-0.2, 0) is 24.2 Å². The number of amides is 2. The number of fused-ring (bicyclic) bond motifs is 1. The standard InChI is InChI=1S/C21H22N4O6S/c1-23-8-10-24(11-9-23)17(26)6-5-14-13-32(30,31)20-16(12-15-4-2-3-7-22-15)19(27)25(20)18(14)21(28)29/h2-7,12,20H,8-11,13H2,1H3,(H,28,29)/b6-5-,16-12-/t20-/m1/s1. The summed E-state index contributed by atoms with van der Waals surface area (Å²) in [6.45, 7) is 2.48. The highest BCUT2D eigenvalue weighted by Gasteiger charge is 2.56. The Balaban J connectivity index is 1.64. The first-order valence-corrected chi connectivity index (χ1v) is 11.7. The van der Waals surface area contributed by atoms with Gasteiger partial charge in [-0.05, 0) is 30.8 Å². The zero-order chi connectivity index (χ0) is 23.0. The number of aromatic nitrogens is 1. The SMILES string of the molecule is CN1CCN(C(=O)/C=C\C2=C(C(=O)O)N3C(=O)/C(=C/c4ccccn4)[C@H]3S(=O)(=O)C2)CC1. The van der Waals surface area contributed by atoms with Gasteiger partial charge in [-0.2, -0.15) is 0 Å². The maximum Gasteiger partial charge on any atom is 0.352 e. The Labute approximate surface area is 185 Å². The van der Waals surface area contributed by atoms with Gasteiger partial charge < -0.3 is 14.9 Å². The smallest absolute Gasteiger partial charge is 0.352 e. The number of rotatable bonds is 4. The Bertz CT molecular complexity index is 1160. The van der Waals surface area contributed by atoms with Crippen molar-refractivity contribution in [3.63, 3.8) is 0 Å². The number of carbonyl (C=O) groups excluding carboxylic acids is 2. The average molecular weight is 458 g/mol. The highest BCUT2D eigenvalue weighted by Crippen LogP contribution is 2.41. The van der Waals surface area contributed by atoms with Crippen LogP contribution in [0.5, 0.6) is 0 Å². The molecule has 0 unspecified atom stereocenters. The van der Waals surface area contributed by atoms with Crippen LogP contribution < -0.4 is 0 Å². The van der Waals surface area contributed by atoms with Crippen LogP contribution in [0.15, 0.2) is 53.4 Å². The molecule has 10 nitrogen and oxygen atoms in total. The monoisotopic (exact) mass is 458 g/mol. The molecule has 4 heterocycles. The van der Waals surface area contributed by atoms with Crippen molar-refractivity contribution in [1.82, 2.24) is 19.7 Å². The molecule has 1 atom stereocenters. The molecule has 2 amide bonds. The lowest BCUT2D eigenvalue weighted by atomic mass is 10.0. The van der Waals surface area contributed by atoms with Crippen molar-refractivity contribution in [3.8, 4) is 0 Å². The van der Waals surface area contributed by atoms with E-state index in [2.05, 4.69) is 9.88 Å². The number of allylic oxidation sites excluding steroid dienone is 1. The van der Waals surface area contributed by atoms with E-state index in [0.717, 1.165) is 4.90 Å². The maximum absolute atomic E-state index is 12.9. The third-order valence-electron chi connectivity index (χ3n) is 5.64. The molecule has 0 bridgehead atoms. The minimum Gasteiger partial charge on any atom is -0.477 e. The number of β-lactam (4-membered cyclic amide) rings is 1. The summed E-state index contributed by atoms with van der Waals surface area (Å²) in [5.74, 6) is -3.06. The van der Waals surface area contributed by atoms with Crippen LogP contribution in [0.25, 0.3) is 6.08 Å². The summed E-state index contributed by atoms with van der Waals surface area (Å²) in [6, 6.07) is 4.99. The van der Waals surface area contributed by atoms with Crippen LogP contribution >= 0.6 is 0 Å². The number of carbonyl (C=O) groups is 3. The molecule has 0 aromatic carbocycles. The minimum absolute atomic E-state index is 0.0287. The lowest BCUT2D eigenvalue weighted by Crippen LogP contribution is -2.62. The van der Waals surface area contributed by atoms with Gasteiger partial charge in [-0.3, -0.25) is 19.5 Å². The largest absolute Gasteiger partial charge is 0.477 e. The molecule has 2 fully saturated rings. The van der Waals surface area contributed by atoms with Crippen molar-refractivity contribution < 1.29 is 27.9 Å². The third kappa shape index (κ3) is 3.96. The summed E-state index contributed by atoms with van der Waals surface area (Å²) >= 11 is 0.